The van der Waals surface area contributed by atoms with Crippen molar-refractivity contribution in [1.29, 1.82) is 0 Å². The van der Waals surface area contributed by atoms with Crippen LogP contribution in [0.2, 0.25) is 5.02 Å². The Bertz CT molecular complexity index is 763. The summed E-state index contributed by atoms with van der Waals surface area (Å²) < 4.78 is 27.7. The Labute approximate surface area is 137 Å². The Kier molecular flexibility index (Phi) is 4.81. The minimum atomic E-state index is -3.66. The summed E-state index contributed by atoms with van der Waals surface area (Å²) in [7, 11) is 0.0714. The second kappa shape index (κ2) is 6.25. The third kappa shape index (κ3) is 3.70. The summed E-state index contributed by atoms with van der Waals surface area (Å²) in [6.45, 7) is 0. The van der Waals surface area contributed by atoms with Gasteiger partial charge >= 0.3 is 0 Å². The van der Waals surface area contributed by atoms with E-state index in [2.05, 4.69) is 20.7 Å². The molecule has 112 valence electrons. The quantitative estimate of drug-likeness (QED) is 0.861. The molecule has 2 aromatic rings. The Morgan fingerprint density at radius 2 is 1.81 bits per heavy atom. The first kappa shape index (κ1) is 16.1. The average Bonchev–Trinajstić information content (AvgIpc) is 2.38. The molecule has 0 unspecified atom stereocenters. The summed E-state index contributed by atoms with van der Waals surface area (Å²) in [4.78, 5) is 2.03. The van der Waals surface area contributed by atoms with Crippen LogP contribution in [0.15, 0.2) is 51.8 Å². The van der Waals surface area contributed by atoms with E-state index in [4.69, 9.17) is 11.6 Å². The van der Waals surface area contributed by atoms with E-state index in [0.717, 1.165) is 5.69 Å². The van der Waals surface area contributed by atoms with E-state index < -0.39 is 10.0 Å². The molecule has 0 saturated heterocycles. The summed E-state index contributed by atoms with van der Waals surface area (Å²) in [5.41, 5.74) is 1.24. The third-order valence-electron chi connectivity index (χ3n) is 2.81. The number of rotatable bonds is 4. The maximum absolute atomic E-state index is 12.4. The molecule has 2 aromatic carbocycles. The van der Waals surface area contributed by atoms with Gasteiger partial charge in [-0.3, -0.25) is 4.72 Å². The van der Waals surface area contributed by atoms with Gasteiger partial charge < -0.3 is 4.90 Å². The molecule has 1 N–H and O–H groups in total. The van der Waals surface area contributed by atoms with Crippen LogP contribution in [0.4, 0.5) is 11.4 Å². The van der Waals surface area contributed by atoms with Crippen molar-refractivity contribution in [2.45, 2.75) is 4.90 Å². The zero-order valence-electron chi connectivity index (χ0n) is 11.5. The maximum Gasteiger partial charge on any atom is 0.263 e. The highest BCUT2D eigenvalue weighted by Crippen LogP contribution is 2.29. The zero-order valence-corrected chi connectivity index (χ0v) is 14.6. The van der Waals surface area contributed by atoms with E-state index in [9.17, 15) is 8.42 Å². The van der Waals surface area contributed by atoms with Crippen molar-refractivity contribution >= 4 is 48.9 Å². The first-order valence-corrected chi connectivity index (χ1v) is 8.71. The molecule has 0 amide bonds. The van der Waals surface area contributed by atoms with Gasteiger partial charge in [-0.15, -0.1) is 0 Å². The van der Waals surface area contributed by atoms with Gasteiger partial charge in [0.25, 0.3) is 10.0 Å². The van der Waals surface area contributed by atoms with Crippen LogP contribution in [-0.4, -0.2) is 22.5 Å². The molecule has 0 spiro atoms. The first-order chi connectivity index (χ1) is 9.81. The fourth-order valence-corrected chi connectivity index (χ4v) is 4.21. The molecule has 4 nitrogen and oxygen atoms in total. The molecule has 0 atom stereocenters. The number of hydrogen-bond donors (Lipinski definition) is 1. The second-order valence-corrected chi connectivity index (χ2v) is 7.51. The van der Waals surface area contributed by atoms with E-state index in [1.165, 1.54) is 6.07 Å². The highest BCUT2D eigenvalue weighted by Gasteiger charge is 2.17. The molecule has 0 heterocycles. The minimum absolute atomic E-state index is 0.179. The van der Waals surface area contributed by atoms with Crippen LogP contribution in [0.5, 0.6) is 0 Å². The fourth-order valence-electron chi connectivity index (χ4n) is 1.81. The standard InChI is InChI=1S/C14H14BrClN2O2S/c1-18(2)13-8-7-10(9-12(13)16)17-21(19,20)14-6-4-3-5-11(14)15/h3-9,17H,1-2H3. The zero-order chi connectivity index (χ0) is 15.6. The van der Waals surface area contributed by atoms with Crippen molar-refractivity contribution in [3.63, 3.8) is 0 Å². The van der Waals surface area contributed by atoms with Crippen LogP contribution in [0.1, 0.15) is 0 Å². The predicted molar refractivity (Wildman–Crippen MR) is 90.7 cm³/mol. The van der Waals surface area contributed by atoms with Crippen LogP contribution in [-0.2, 0) is 10.0 Å². The lowest BCUT2D eigenvalue weighted by Crippen LogP contribution is -2.14. The molecule has 0 radical (unpaired) electrons. The first-order valence-electron chi connectivity index (χ1n) is 6.05. The van der Waals surface area contributed by atoms with Crippen molar-refractivity contribution in [1.82, 2.24) is 0 Å². The van der Waals surface area contributed by atoms with Crippen LogP contribution >= 0.6 is 27.5 Å². The Hall–Kier alpha value is -1.24. The minimum Gasteiger partial charge on any atom is -0.376 e. The Balaban J connectivity index is 2.34. The fraction of sp³-hybridized carbons (Fsp3) is 0.143. The highest BCUT2D eigenvalue weighted by atomic mass is 79.9. The largest absolute Gasteiger partial charge is 0.376 e. The van der Waals surface area contributed by atoms with E-state index >= 15 is 0 Å². The molecular weight excluding hydrogens is 376 g/mol. The molecule has 0 aromatic heterocycles. The van der Waals surface area contributed by atoms with E-state index in [1.807, 2.05) is 19.0 Å². The van der Waals surface area contributed by atoms with E-state index in [0.29, 0.717) is 15.2 Å². The van der Waals surface area contributed by atoms with Gasteiger partial charge in [0.15, 0.2) is 0 Å². The monoisotopic (exact) mass is 388 g/mol. The van der Waals surface area contributed by atoms with Gasteiger partial charge in [-0.25, -0.2) is 8.42 Å². The molecule has 21 heavy (non-hydrogen) atoms. The maximum atomic E-state index is 12.4. The number of halogens is 2. The summed E-state index contributed by atoms with van der Waals surface area (Å²) in [6, 6.07) is 11.7. The number of benzene rings is 2. The Morgan fingerprint density at radius 1 is 1.14 bits per heavy atom. The number of sulfonamides is 1. The molecule has 0 fully saturated rings. The van der Waals surface area contributed by atoms with Crippen molar-refractivity contribution in [3.8, 4) is 0 Å². The molecule has 0 aliphatic heterocycles. The number of hydrogen-bond acceptors (Lipinski definition) is 3. The van der Waals surface area contributed by atoms with Gasteiger partial charge in [0, 0.05) is 18.6 Å². The van der Waals surface area contributed by atoms with Crippen LogP contribution < -0.4 is 9.62 Å². The number of nitrogens with one attached hydrogen (secondary N) is 1. The van der Waals surface area contributed by atoms with E-state index in [-0.39, 0.29) is 4.90 Å². The Morgan fingerprint density at radius 3 is 2.38 bits per heavy atom. The second-order valence-electron chi connectivity index (χ2n) is 4.60. The predicted octanol–water partition coefficient (Wildman–Crippen LogP) is 3.97. The topological polar surface area (TPSA) is 49.4 Å². The van der Waals surface area contributed by atoms with Gasteiger partial charge in [0.1, 0.15) is 4.90 Å². The van der Waals surface area contributed by atoms with Gasteiger partial charge in [-0.05, 0) is 46.3 Å². The summed E-state index contributed by atoms with van der Waals surface area (Å²) >= 11 is 9.38. The van der Waals surface area contributed by atoms with Crippen LogP contribution in [0.25, 0.3) is 0 Å². The lowest BCUT2D eigenvalue weighted by Gasteiger charge is -2.16. The number of anilines is 2. The van der Waals surface area contributed by atoms with Crippen LogP contribution in [0.3, 0.4) is 0 Å². The smallest absolute Gasteiger partial charge is 0.263 e. The van der Waals surface area contributed by atoms with E-state index in [1.54, 1.807) is 36.4 Å². The molecular formula is C14H14BrClN2O2S. The van der Waals surface area contributed by atoms with Gasteiger partial charge in [-0.1, -0.05) is 23.7 Å². The lowest BCUT2D eigenvalue weighted by atomic mass is 10.3. The van der Waals surface area contributed by atoms with Gasteiger partial charge in [0.05, 0.1) is 16.4 Å². The van der Waals surface area contributed by atoms with Crippen molar-refractivity contribution in [2.24, 2.45) is 0 Å². The molecule has 0 aliphatic carbocycles. The third-order valence-corrected chi connectivity index (χ3v) is 5.50. The highest BCUT2D eigenvalue weighted by molar-refractivity contribution is 9.10. The molecule has 0 saturated carbocycles. The van der Waals surface area contributed by atoms with Crippen molar-refractivity contribution in [2.75, 3.05) is 23.7 Å². The summed E-state index contributed by atoms with van der Waals surface area (Å²) in [5, 5.41) is 0.479. The average molecular weight is 390 g/mol. The molecule has 0 bridgehead atoms. The van der Waals surface area contributed by atoms with Crippen molar-refractivity contribution in [3.05, 3.63) is 52.0 Å². The number of nitrogens with zero attached hydrogens (tertiary/aromatic N) is 1. The SMILES string of the molecule is CN(C)c1ccc(NS(=O)(=O)c2ccccc2Br)cc1Cl. The van der Waals surface area contributed by atoms with Gasteiger partial charge in [0.2, 0.25) is 0 Å². The van der Waals surface area contributed by atoms with Crippen molar-refractivity contribution < 1.29 is 8.42 Å². The molecule has 7 heteroatoms. The normalized spacial score (nSPS) is 11.2. The molecule has 0 aliphatic rings. The summed E-state index contributed by atoms with van der Waals surface area (Å²) in [6.07, 6.45) is 0. The summed E-state index contributed by atoms with van der Waals surface area (Å²) in [5.74, 6) is 0. The van der Waals surface area contributed by atoms with Crippen LogP contribution in [0, 0.1) is 0 Å². The van der Waals surface area contributed by atoms with Gasteiger partial charge in [-0.2, -0.15) is 0 Å². The molecule has 2 rings (SSSR count). The lowest BCUT2D eigenvalue weighted by molar-refractivity contribution is 0.601.